The summed E-state index contributed by atoms with van der Waals surface area (Å²) in [6.07, 6.45) is 8.92. The van der Waals surface area contributed by atoms with Crippen molar-refractivity contribution in [2.24, 2.45) is 0 Å². The molecule has 0 radical (unpaired) electrons. The lowest BCUT2D eigenvalue weighted by Crippen LogP contribution is -2.12. The number of hydrogen-bond donors (Lipinski definition) is 3. The number of nitrogens with zero attached hydrogens (tertiary/aromatic N) is 5. The van der Waals surface area contributed by atoms with Gasteiger partial charge in [0.2, 0.25) is 0 Å². The number of H-pyrrole nitrogens is 2. The van der Waals surface area contributed by atoms with Gasteiger partial charge in [-0.2, -0.15) is 5.10 Å². The van der Waals surface area contributed by atoms with Gasteiger partial charge >= 0.3 is 0 Å². The molecule has 0 unspecified atom stereocenters. The standard InChI is InChI=1S/C31H23FN8/c32-24-8-4-7-21(10-24)26-17-35-18-27-28(26)38-31(37-27)29-25-11-23(16-36-30(25)40-39-29)22-9-20(14-34-15-22)13-33-12-19-5-2-1-3-6-19/h1-11,14-18,33H,12-13H2,(H,37,38)(H,36,39,40). The molecule has 0 aliphatic carbocycles. The Labute approximate surface area is 228 Å². The minimum atomic E-state index is -0.312. The molecule has 3 N–H and O–H groups in total. The zero-order valence-electron chi connectivity index (χ0n) is 21.3. The zero-order chi connectivity index (χ0) is 26.9. The number of aromatic amines is 2. The number of imidazole rings is 1. The lowest BCUT2D eigenvalue weighted by Gasteiger charge is -2.07. The van der Waals surface area contributed by atoms with E-state index >= 15 is 0 Å². The van der Waals surface area contributed by atoms with Gasteiger partial charge in [-0.3, -0.25) is 15.1 Å². The summed E-state index contributed by atoms with van der Waals surface area (Å²) in [5.74, 6) is 0.260. The van der Waals surface area contributed by atoms with E-state index in [2.05, 4.69) is 53.6 Å². The average Bonchev–Trinajstić information content (AvgIpc) is 3.62. The highest BCUT2D eigenvalue weighted by molar-refractivity contribution is 5.96. The van der Waals surface area contributed by atoms with Gasteiger partial charge in [-0.15, -0.1) is 0 Å². The van der Waals surface area contributed by atoms with Crippen LogP contribution in [0.4, 0.5) is 4.39 Å². The van der Waals surface area contributed by atoms with E-state index in [4.69, 9.17) is 4.98 Å². The van der Waals surface area contributed by atoms with Gasteiger partial charge < -0.3 is 10.3 Å². The molecule has 194 valence electrons. The molecule has 0 spiro atoms. The summed E-state index contributed by atoms with van der Waals surface area (Å²) in [7, 11) is 0. The van der Waals surface area contributed by atoms with Crippen molar-refractivity contribution >= 4 is 22.1 Å². The first kappa shape index (κ1) is 23.8. The summed E-state index contributed by atoms with van der Waals surface area (Å²) >= 11 is 0. The molecule has 0 aliphatic rings. The second-order valence-electron chi connectivity index (χ2n) is 9.54. The molecule has 0 aliphatic heterocycles. The van der Waals surface area contributed by atoms with Gasteiger partial charge in [-0.25, -0.2) is 14.4 Å². The average molecular weight is 527 g/mol. The van der Waals surface area contributed by atoms with Gasteiger partial charge in [-0.05, 0) is 41.0 Å². The summed E-state index contributed by atoms with van der Waals surface area (Å²) < 4.78 is 13.9. The Morgan fingerprint density at radius 3 is 2.50 bits per heavy atom. The maximum atomic E-state index is 13.9. The molecular formula is C31H23FN8. The van der Waals surface area contributed by atoms with Gasteiger partial charge in [0.25, 0.3) is 0 Å². The summed E-state index contributed by atoms with van der Waals surface area (Å²) in [6, 6.07) is 20.9. The Kier molecular flexibility index (Phi) is 6.02. The molecule has 0 fully saturated rings. The van der Waals surface area contributed by atoms with Crippen LogP contribution in [0.5, 0.6) is 0 Å². The largest absolute Gasteiger partial charge is 0.335 e. The van der Waals surface area contributed by atoms with Crippen molar-refractivity contribution in [3.63, 3.8) is 0 Å². The minimum Gasteiger partial charge on any atom is -0.335 e. The molecule has 5 aromatic heterocycles. The second kappa shape index (κ2) is 10.1. The van der Waals surface area contributed by atoms with Crippen LogP contribution < -0.4 is 5.32 Å². The minimum absolute atomic E-state index is 0.312. The Morgan fingerprint density at radius 1 is 0.750 bits per heavy atom. The predicted octanol–water partition coefficient (Wildman–Crippen LogP) is 6.05. The summed E-state index contributed by atoms with van der Waals surface area (Å²) in [6.45, 7) is 1.48. The first-order valence-electron chi connectivity index (χ1n) is 12.8. The number of pyridine rings is 3. The van der Waals surface area contributed by atoms with Crippen molar-refractivity contribution in [2.75, 3.05) is 0 Å². The van der Waals surface area contributed by atoms with Gasteiger partial charge in [0.05, 0.1) is 22.6 Å². The third kappa shape index (κ3) is 4.59. The summed E-state index contributed by atoms with van der Waals surface area (Å²) in [4.78, 5) is 21.6. The molecule has 8 nitrogen and oxygen atoms in total. The van der Waals surface area contributed by atoms with Crippen LogP contribution in [-0.4, -0.2) is 35.1 Å². The van der Waals surface area contributed by atoms with E-state index in [0.717, 1.165) is 39.7 Å². The quantitative estimate of drug-likeness (QED) is 0.233. The molecule has 0 amide bonds. The molecule has 2 aromatic carbocycles. The Morgan fingerprint density at radius 2 is 1.60 bits per heavy atom. The van der Waals surface area contributed by atoms with Crippen LogP contribution in [0, 0.1) is 5.82 Å². The molecule has 9 heteroatoms. The molecule has 0 atom stereocenters. The van der Waals surface area contributed by atoms with Crippen molar-refractivity contribution in [3.05, 3.63) is 115 Å². The number of benzene rings is 2. The van der Waals surface area contributed by atoms with Crippen molar-refractivity contribution in [2.45, 2.75) is 13.1 Å². The SMILES string of the molecule is Fc1cccc(-c2cncc3[nH]c(-c4n[nH]c5ncc(-c6cncc(CNCc7ccccc7)c6)cc45)nc23)c1. The van der Waals surface area contributed by atoms with Crippen LogP contribution in [0.2, 0.25) is 0 Å². The number of nitrogens with one attached hydrogen (secondary N) is 3. The van der Waals surface area contributed by atoms with Crippen molar-refractivity contribution in [1.82, 2.24) is 40.4 Å². The fourth-order valence-corrected chi connectivity index (χ4v) is 4.84. The monoisotopic (exact) mass is 526 g/mol. The smallest absolute Gasteiger partial charge is 0.159 e. The number of halogens is 1. The first-order chi connectivity index (χ1) is 19.7. The van der Waals surface area contributed by atoms with Gasteiger partial charge in [0.15, 0.2) is 11.5 Å². The third-order valence-corrected chi connectivity index (χ3v) is 6.80. The predicted molar refractivity (Wildman–Crippen MR) is 152 cm³/mol. The highest BCUT2D eigenvalue weighted by Crippen LogP contribution is 2.32. The van der Waals surface area contributed by atoms with Crippen LogP contribution >= 0.6 is 0 Å². The topological polar surface area (TPSA) is 108 Å². The van der Waals surface area contributed by atoms with Crippen LogP contribution in [0.3, 0.4) is 0 Å². The van der Waals surface area contributed by atoms with Gasteiger partial charge in [0, 0.05) is 54.6 Å². The van der Waals surface area contributed by atoms with Crippen molar-refractivity contribution in [1.29, 1.82) is 0 Å². The second-order valence-corrected chi connectivity index (χ2v) is 9.54. The van der Waals surface area contributed by atoms with E-state index in [1.165, 1.54) is 17.7 Å². The van der Waals surface area contributed by atoms with Crippen LogP contribution in [-0.2, 0) is 13.1 Å². The molecule has 7 aromatic rings. The van der Waals surface area contributed by atoms with Crippen LogP contribution in [0.25, 0.3) is 55.8 Å². The maximum Gasteiger partial charge on any atom is 0.159 e. The number of fused-ring (bicyclic) bond motifs is 2. The van der Waals surface area contributed by atoms with Crippen LogP contribution in [0.15, 0.2) is 97.7 Å². The van der Waals surface area contributed by atoms with E-state index < -0.39 is 0 Å². The Bertz CT molecular complexity index is 1960. The van der Waals surface area contributed by atoms with E-state index in [9.17, 15) is 4.39 Å². The van der Waals surface area contributed by atoms with Gasteiger partial charge in [0.1, 0.15) is 11.5 Å². The van der Waals surface area contributed by atoms with Gasteiger partial charge in [-0.1, -0.05) is 42.5 Å². The van der Waals surface area contributed by atoms with Crippen LogP contribution in [0.1, 0.15) is 11.1 Å². The third-order valence-electron chi connectivity index (χ3n) is 6.80. The molecule has 0 bridgehead atoms. The van der Waals surface area contributed by atoms with E-state index in [-0.39, 0.29) is 5.82 Å². The highest BCUT2D eigenvalue weighted by Gasteiger charge is 2.17. The number of aromatic nitrogens is 7. The van der Waals surface area contributed by atoms with E-state index in [0.29, 0.717) is 34.8 Å². The molecule has 7 rings (SSSR count). The van der Waals surface area contributed by atoms with E-state index in [1.807, 2.05) is 48.9 Å². The first-order valence-corrected chi connectivity index (χ1v) is 12.8. The number of rotatable bonds is 7. The normalized spacial score (nSPS) is 11.4. The highest BCUT2D eigenvalue weighted by atomic mass is 19.1. The zero-order valence-corrected chi connectivity index (χ0v) is 21.3. The van der Waals surface area contributed by atoms with Crippen molar-refractivity contribution < 1.29 is 4.39 Å². The molecule has 5 heterocycles. The Balaban J connectivity index is 1.20. The molecular weight excluding hydrogens is 503 g/mol. The summed E-state index contributed by atoms with van der Waals surface area (Å²) in [5.41, 5.74) is 8.35. The lowest BCUT2D eigenvalue weighted by atomic mass is 10.1. The fraction of sp³-hybridized carbons (Fsp3) is 0.0645. The Hall–Kier alpha value is -5.28. The number of hydrogen-bond acceptors (Lipinski definition) is 6. The maximum absolute atomic E-state index is 13.9. The fourth-order valence-electron chi connectivity index (χ4n) is 4.84. The molecule has 0 saturated carbocycles. The van der Waals surface area contributed by atoms with Crippen molar-refractivity contribution in [3.8, 4) is 33.8 Å². The molecule has 0 saturated heterocycles. The lowest BCUT2D eigenvalue weighted by molar-refractivity contribution is 0.628. The molecule has 40 heavy (non-hydrogen) atoms. The summed E-state index contributed by atoms with van der Waals surface area (Å²) in [5, 5.41) is 11.8. The van der Waals surface area contributed by atoms with E-state index in [1.54, 1.807) is 18.5 Å².